The first kappa shape index (κ1) is 19.1. The zero-order chi connectivity index (χ0) is 20.2. The third kappa shape index (κ3) is 3.98. The Morgan fingerprint density at radius 2 is 1.66 bits per heavy atom. The van der Waals surface area contributed by atoms with E-state index in [2.05, 4.69) is 9.97 Å². The molecule has 0 amide bonds. The van der Waals surface area contributed by atoms with Gasteiger partial charge in [0.05, 0.1) is 11.6 Å². The molecule has 2 aromatic heterocycles. The number of thiazole rings is 1. The fourth-order valence-corrected chi connectivity index (χ4v) is 3.89. The molecule has 0 spiro atoms. The Balaban J connectivity index is 1.87. The van der Waals surface area contributed by atoms with Crippen LogP contribution in [0.5, 0.6) is 5.75 Å². The third-order valence-electron chi connectivity index (χ3n) is 4.42. The van der Waals surface area contributed by atoms with Gasteiger partial charge in [-0.15, -0.1) is 0 Å². The monoisotopic (exact) mass is 404 g/mol. The van der Waals surface area contributed by atoms with Crippen LogP contribution in [-0.4, -0.2) is 22.5 Å². The summed E-state index contributed by atoms with van der Waals surface area (Å²) in [6.45, 7) is 3.95. The summed E-state index contributed by atoms with van der Waals surface area (Å²) in [7, 11) is 0. The van der Waals surface area contributed by atoms with Crippen LogP contribution >= 0.6 is 11.3 Å². The van der Waals surface area contributed by atoms with E-state index in [4.69, 9.17) is 9.47 Å². The summed E-state index contributed by atoms with van der Waals surface area (Å²) in [5, 5.41) is 0.856. The van der Waals surface area contributed by atoms with Gasteiger partial charge in [0.15, 0.2) is 5.75 Å². The highest BCUT2D eigenvalue weighted by Crippen LogP contribution is 2.36. The van der Waals surface area contributed by atoms with E-state index in [0.29, 0.717) is 11.3 Å². The van der Waals surface area contributed by atoms with Gasteiger partial charge >= 0.3 is 5.97 Å². The number of fused-ring (bicyclic) bond motifs is 1. The lowest BCUT2D eigenvalue weighted by molar-refractivity contribution is 0.0520. The van der Waals surface area contributed by atoms with Gasteiger partial charge < -0.3 is 9.47 Å². The molecule has 0 aliphatic rings. The quantitative estimate of drug-likeness (QED) is 0.406. The Kier molecular flexibility index (Phi) is 5.53. The van der Waals surface area contributed by atoms with Gasteiger partial charge in [-0.25, -0.2) is 14.8 Å². The zero-order valence-electron chi connectivity index (χ0n) is 16.2. The minimum Gasteiger partial charge on any atom is -0.478 e. The summed E-state index contributed by atoms with van der Waals surface area (Å²) in [6, 6.07) is 19.8. The number of pyridine rings is 1. The Labute approximate surface area is 173 Å². The van der Waals surface area contributed by atoms with Gasteiger partial charge in [-0.3, -0.25) is 0 Å². The van der Waals surface area contributed by atoms with Crippen molar-refractivity contribution in [2.45, 2.75) is 20.0 Å². The van der Waals surface area contributed by atoms with Crippen LogP contribution < -0.4 is 4.74 Å². The first-order valence-electron chi connectivity index (χ1n) is 9.37. The van der Waals surface area contributed by atoms with Gasteiger partial charge in [0.25, 0.3) is 0 Å². The molecule has 0 aliphatic heterocycles. The number of ether oxygens (including phenoxy) is 2. The van der Waals surface area contributed by atoms with Crippen molar-refractivity contribution in [2.75, 3.05) is 6.61 Å². The molecule has 29 heavy (non-hydrogen) atoms. The number of carbonyl (C=O) groups is 1. The molecule has 2 aromatic carbocycles. The number of hydrogen-bond acceptors (Lipinski definition) is 6. The fourth-order valence-electron chi connectivity index (χ4n) is 3.14. The molecule has 0 aliphatic carbocycles. The molecule has 2 heterocycles. The molecule has 0 unspecified atom stereocenters. The van der Waals surface area contributed by atoms with Crippen molar-refractivity contribution >= 4 is 27.7 Å². The lowest BCUT2D eigenvalue weighted by Gasteiger charge is -2.21. The Morgan fingerprint density at radius 3 is 2.24 bits per heavy atom. The number of esters is 1. The molecular formula is C23H20N2O3S. The van der Waals surface area contributed by atoms with Crippen LogP contribution in [0.1, 0.15) is 39.5 Å². The van der Waals surface area contributed by atoms with E-state index in [1.807, 2.05) is 67.6 Å². The summed E-state index contributed by atoms with van der Waals surface area (Å²) >= 11 is 1.46. The van der Waals surface area contributed by atoms with Crippen molar-refractivity contribution in [1.82, 2.24) is 9.97 Å². The summed E-state index contributed by atoms with van der Waals surface area (Å²) < 4.78 is 11.7. The molecule has 6 heteroatoms. The number of benzene rings is 2. The number of carbonyl (C=O) groups excluding carboxylic acids is 1. The van der Waals surface area contributed by atoms with Gasteiger partial charge in [-0.2, -0.15) is 0 Å². The van der Waals surface area contributed by atoms with Crippen molar-refractivity contribution in [3.8, 4) is 5.75 Å². The standard InChI is InChI=1S/C23H20N2O3S/c1-3-27-23(26)18-14-24-22-19(25-15(2)29-22)21(18)28-20(16-10-6-4-7-11-16)17-12-8-5-9-13-17/h4-14,20H,3H2,1-2H3. The molecule has 0 atom stereocenters. The maximum absolute atomic E-state index is 12.6. The number of hydrogen-bond donors (Lipinski definition) is 0. The largest absolute Gasteiger partial charge is 0.478 e. The van der Waals surface area contributed by atoms with Crippen molar-refractivity contribution in [3.63, 3.8) is 0 Å². The zero-order valence-corrected chi connectivity index (χ0v) is 17.0. The minimum absolute atomic E-state index is 0.271. The number of aromatic nitrogens is 2. The third-order valence-corrected chi connectivity index (χ3v) is 5.30. The van der Waals surface area contributed by atoms with Crippen LogP contribution in [0.3, 0.4) is 0 Å². The second-order valence-corrected chi connectivity index (χ2v) is 7.61. The van der Waals surface area contributed by atoms with E-state index in [1.54, 1.807) is 6.92 Å². The fraction of sp³-hybridized carbons (Fsp3) is 0.174. The Bertz CT molecular complexity index is 1090. The molecule has 4 aromatic rings. The van der Waals surface area contributed by atoms with Gasteiger partial charge in [-0.05, 0) is 25.0 Å². The van der Waals surface area contributed by atoms with Crippen LogP contribution in [0, 0.1) is 6.92 Å². The van der Waals surface area contributed by atoms with Gasteiger partial charge in [0.2, 0.25) is 0 Å². The van der Waals surface area contributed by atoms with Crippen molar-refractivity contribution < 1.29 is 14.3 Å². The molecule has 5 nitrogen and oxygen atoms in total. The summed E-state index contributed by atoms with van der Waals surface area (Å²) in [5.74, 6) is -0.0714. The van der Waals surface area contributed by atoms with Crippen LogP contribution in [0.2, 0.25) is 0 Å². The van der Waals surface area contributed by atoms with Crippen molar-refractivity contribution in [1.29, 1.82) is 0 Å². The summed E-state index contributed by atoms with van der Waals surface area (Å²) in [5.41, 5.74) is 2.81. The lowest BCUT2D eigenvalue weighted by atomic mass is 10.0. The number of aryl methyl sites for hydroxylation is 1. The molecule has 0 N–H and O–H groups in total. The first-order chi connectivity index (χ1) is 14.2. The highest BCUT2D eigenvalue weighted by Gasteiger charge is 2.25. The topological polar surface area (TPSA) is 61.3 Å². The van der Waals surface area contributed by atoms with Crippen LogP contribution in [0.4, 0.5) is 0 Å². The Morgan fingerprint density at radius 1 is 1.03 bits per heavy atom. The normalized spacial score (nSPS) is 11.0. The highest BCUT2D eigenvalue weighted by molar-refractivity contribution is 7.18. The second kappa shape index (κ2) is 8.41. The first-order valence-corrected chi connectivity index (χ1v) is 10.2. The molecule has 0 radical (unpaired) electrons. The van der Waals surface area contributed by atoms with E-state index in [9.17, 15) is 4.79 Å². The lowest BCUT2D eigenvalue weighted by Crippen LogP contribution is -2.14. The van der Waals surface area contributed by atoms with Gasteiger partial charge in [0.1, 0.15) is 22.0 Å². The van der Waals surface area contributed by atoms with Gasteiger partial charge in [0, 0.05) is 6.20 Å². The molecule has 0 saturated heterocycles. The van der Waals surface area contributed by atoms with E-state index < -0.39 is 12.1 Å². The van der Waals surface area contributed by atoms with Crippen LogP contribution in [0.15, 0.2) is 66.9 Å². The summed E-state index contributed by atoms with van der Waals surface area (Å²) in [4.78, 5) is 22.3. The number of rotatable bonds is 6. The average Bonchev–Trinajstić information content (AvgIpc) is 3.14. The molecule has 0 saturated carbocycles. The predicted octanol–water partition coefficient (Wildman–Crippen LogP) is 5.34. The molecule has 0 fully saturated rings. The molecule has 0 bridgehead atoms. The van der Waals surface area contributed by atoms with Crippen molar-refractivity contribution in [2.24, 2.45) is 0 Å². The molecule has 4 rings (SSSR count). The van der Waals surface area contributed by atoms with E-state index >= 15 is 0 Å². The summed E-state index contributed by atoms with van der Waals surface area (Å²) in [6.07, 6.45) is 1.11. The maximum atomic E-state index is 12.6. The van der Waals surface area contributed by atoms with Crippen LogP contribution in [0.25, 0.3) is 10.3 Å². The van der Waals surface area contributed by atoms with Crippen molar-refractivity contribution in [3.05, 3.63) is 88.6 Å². The van der Waals surface area contributed by atoms with Gasteiger partial charge in [-0.1, -0.05) is 72.0 Å². The maximum Gasteiger partial charge on any atom is 0.343 e. The van der Waals surface area contributed by atoms with E-state index in [1.165, 1.54) is 17.5 Å². The number of nitrogens with zero attached hydrogens (tertiary/aromatic N) is 2. The smallest absolute Gasteiger partial charge is 0.343 e. The van der Waals surface area contributed by atoms with E-state index in [0.717, 1.165) is 21.0 Å². The van der Waals surface area contributed by atoms with Crippen LogP contribution in [-0.2, 0) is 4.74 Å². The molecular weight excluding hydrogens is 384 g/mol. The minimum atomic E-state index is -0.470. The predicted molar refractivity (Wildman–Crippen MR) is 113 cm³/mol. The van der Waals surface area contributed by atoms with E-state index in [-0.39, 0.29) is 12.2 Å². The highest BCUT2D eigenvalue weighted by atomic mass is 32.1. The average molecular weight is 404 g/mol. The molecule has 146 valence electrons. The second-order valence-electron chi connectivity index (χ2n) is 6.43. The Hall–Kier alpha value is -3.25. The SMILES string of the molecule is CCOC(=O)c1cnc2sc(C)nc2c1OC(c1ccccc1)c1ccccc1.